The number of ether oxygens (including phenoxy) is 1. The number of nitrogens with zero attached hydrogens (tertiary/aromatic N) is 1. The van der Waals surface area contributed by atoms with Gasteiger partial charge >= 0.3 is 0 Å². The van der Waals surface area contributed by atoms with Crippen LogP contribution >= 0.6 is 11.3 Å². The summed E-state index contributed by atoms with van der Waals surface area (Å²) in [6.07, 6.45) is 2.86. The van der Waals surface area contributed by atoms with Gasteiger partial charge in [-0.2, -0.15) is 4.31 Å². The van der Waals surface area contributed by atoms with Crippen molar-refractivity contribution < 1.29 is 13.2 Å². The first-order valence-corrected chi connectivity index (χ1v) is 9.35. The molecular weight excluding hydrogens is 294 g/mol. The molecule has 0 bridgehead atoms. The predicted octanol–water partition coefficient (Wildman–Crippen LogP) is 2.98. The van der Waals surface area contributed by atoms with Crippen molar-refractivity contribution >= 4 is 21.4 Å². The summed E-state index contributed by atoms with van der Waals surface area (Å²) in [5.74, 6) is 0.339. The topological polar surface area (TPSA) is 46.6 Å². The van der Waals surface area contributed by atoms with Crippen molar-refractivity contribution in [2.24, 2.45) is 0 Å². The Morgan fingerprint density at radius 1 is 1.50 bits per heavy atom. The van der Waals surface area contributed by atoms with E-state index >= 15 is 0 Å². The fourth-order valence-electron chi connectivity index (χ4n) is 2.75. The van der Waals surface area contributed by atoms with Gasteiger partial charge in [-0.3, -0.25) is 0 Å². The first-order valence-electron chi connectivity index (χ1n) is 7.10. The van der Waals surface area contributed by atoms with Gasteiger partial charge in [0.05, 0.1) is 0 Å². The zero-order valence-corrected chi connectivity index (χ0v) is 14.0. The first kappa shape index (κ1) is 15.9. The zero-order chi connectivity index (χ0) is 14.8. The number of sulfonamides is 1. The highest BCUT2D eigenvalue weighted by Gasteiger charge is 2.37. The smallest absolute Gasteiger partial charge is 0.252 e. The monoisotopic (exact) mass is 317 g/mol. The molecule has 0 N–H and O–H groups in total. The molecule has 0 fully saturated rings. The zero-order valence-electron chi connectivity index (χ0n) is 12.4. The highest BCUT2D eigenvalue weighted by molar-refractivity contribution is 7.91. The molecule has 1 aliphatic rings. The van der Waals surface area contributed by atoms with Crippen molar-refractivity contribution in [1.82, 2.24) is 4.31 Å². The van der Waals surface area contributed by atoms with Crippen molar-refractivity contribution in [2.75, 3.05) is 26.8 Å². The van der Waals surface area contributed by atoms with E-state index in [0.717, 1.165) is 29.7 Å². The molecule has 0 aliphatic carbocycles. The molecule has 0 unspecified atom stereocenters. The standard InChI is InChI=1S/C14H23NO3S2/c1-4-6-12-10-15(7-5-8-18-3)20(16,17)14-13(12)9-11(2)19-14/h9,12H,4-8,10H2,1-3H3/t12-/m0/s1. The van der Waals surface area contributed by atoms with E-state index in [-0.39, 0.29) is 0 Å². The van der Waals surface area contributed by atoms with Crippen LogP contribution in [0.4, 0.5) is 0 Å². The van der Waals surface area contributed by atoms with Crippen LogP contribution in [-0.4, -0.2) is 39.5 Å². The van der Waals surface area contributed by atoms with E-state index in [1.807, 2.05) is 6.92 Å². The minimum Gasteiger partial charge on any atom is -0.385 e. The highest BCUT2D eigenvalue weighted by atomic mass is 32.2. The maximum atomic E-state index is 12.7. The summed E-state index contributed by atoms with van der Waals surface area (Å²) in [6, 6.07) is 2.06. The lowest BCUT2D eigenvalue weighted by atomic mass is 9.96. The minimum atomic E-state index is -3.30. The van der Waals surface area contributed by atoms with E-state index in [9.17, 15) is 8.42 Å². The fraction of sp³-hybridized carbons (Fsp3) is 0.714. The molecule has 0 radical (unpaired) electrons. The Morgan fingerprint density at radius 3 is 2.90 bits per heavy atom. The van der Waals surface area contributed by atoms with Crippen molar-refractivity contribution in [1.29, 1.82) is 0 Å². The second kappa shape index (κ2) is 6.56. The van der Waals surface area contributed by atoms with E-state index < -0.39 is 10.0 Å². The molecule has 114 valence electrons. The van der Waals surface area contributed by atoms with Gasteiger partial charge in [-0.05, 0) is 37.3 Å². The van der Waals surface area contributed by atoms with Crippen LogP contribution in [0.5, 0.6) is 0 Å². The molecule has 1 atom stereocenters. The van der Waals surface area contributed by atoms with Gasteiger partial charge in [-0.1, -0.05) is 13.3 Å². The third kappa shape index (κ3) is 3.08. The largest absolute Gasteiger partial charge is 0.385 e. The van der Waals surface area contributed by atoms with Crippen LogP contribution < -0.4 is 0 Å². The quantitative estimate of drug-likeness (QED) is 0.758. The fourth-order valence-corrected chi connectivity index (χ4v) is 6.21. The molecule has 0 amide bonds. The van der Waals surface area contributed by atoms with Gasteiger partial charge < -0.3 is 4.74 Å². The molecule has 2 rings (SSSR count). The SMILES string of the molecule is CCC[C@H]1CN(CCCOC)S(=O)(=O)c2sc(C)cc21. The maximum Gasteiger partial charge on any atom is 0.252 e. The number of fused-ring (bicyclic) bond motifs is 1. The number of methoxy groups -OCH3 is 1. The average Bonchev–Trinajstić information content (AvgIpc) is 2.78. The lowest BCUT2D eigenvalue weighted by molar-refractivity contribution is 0.185. The molecule has 1 aliphatic heterocycles. The summed E-state index contributed by atoms with van der Waals surface area (Å²) in [5.41, 5.74) is 1.04. The highest BCUT2D eigenvalue weighted by Crippen LogP contribution is 2.41. The summed E-state index contributed by atoms with van der Waals surface area (Å²) in [7, 11) is -1.65. The van der Waals surface area contributed by atoms with Gasteiger partial charge in [0.15, 0.2) is 0 Å². The van der Waals surface area contributed by atoms with E-state index in [4.69, 9.17) is 4.74 Å². The second-order valence-corrected chi connectivity index (χ2v) is 8.68. The Labute approximate surface area is 125 Å². The molecule has 6 heteroatoms. The van der Waals surface area contributed by atoms with Crippen LogP contribution in [0.2, 0.25) is 0 Å². The average molecular weight is 317 g/mol. The molecular formula is C14H23NO3S2. The molecule has 0 saturated carbocycles. The van der Waals surface area contributed by atoms with E-state index in [0.29, 0.717) is 29.8 Å². The number of thiophene rings is 1. The molecule has 0 saturated heterocycles. The van der Waals surface area contributed by atoms with Gasteiger partial charge in [0.25, 0.3) is 10.0 Å². The van der Waals surface area contributed by atoms with Crippen LogP contribution in [0.25, 0.3) is 0 Å². The van der Waals surface area contributed by atoms with Crippen LogP contribution in [0.3, 0.4) is 0 Å². The van der Waals surface area contributed by atoms with Gasteiger partial charge in [0, 0.05) is 31.7 Å². The normalized spacial score (nSPS) is 21.9. The lowest BCUT2D eigenvalue weighted by Gasteiger charge is -2.32. The third-order valence-electron chi connectivity index (χ3n) is 3.68. The number of rotatable bonds is 6. The Hall–Kier alpha value is -0.430. The van der Waals surface area contributed by atoms with E-state index in [2.05, 4.69) is 13.0 Å². The predicted molar refractivity (Wildman–Crippen MR) is 82.0 cm³/mol. The summed E-state index contributed by atoms with van der Waals surface area (Å²) < 4.78 is 32.6. The molecule has 0 spiro atoms. The van der Waals surface area contributed by atoms with Crippen LogP contribution in [0, 0.1) is 6.92 Å². The van der Waals surface area contributed by atoms with Gasteiger partial charge in [-0.15, -0.1) is 11.3 Å². The Bertz CT molecular complexity index is 551. The Morgan fingerprint density at radius 2 is 2.25 bits per heavy atom. The van der Waals surface area contributed by atoms with Crippen molar-refractivity contribution in [3.8, 4) is 0 Å². The second-order valence-electron chi connectivity index (χ2n) is 5.29. The molecule has 1 aromatic heterocycles. The Kier molecular flexibility index (Phi) is 5.23. The third-order valence-corrected chi connectivity index (χ3v) is 7.14. The molecule has 20 heavy (non-hydrogen) atoms. The summed E-state index contributed by atoms with van der Waals surface area (Å²) >= 11 is 1.41. The molecule has 0 aromatic carbocycles. The summed E-state index contributed by atoms with van der Waals surface area (Å²) in [5, 5.41) is 0. The number of aryl methyl sites for hydroxylation is 1. The van der Waals surface area contributed by atoms with E-state index in [1.165, 1.54) is 11.3 Å². The van der Waals surface area contributed by atoms with E-state index in [1.54, 1.807) is 11.4 Å². The summed E-state index contributed by atoms with van der Waals surface area (Å²) in [6.45, 7) is 5.89. The van der Waals surface area contributed by atoms with Gasteiger partial charge in [0.1, 0.15) is 4.21 Å². The van der Waals surface area contributed by atoms with Crippen LogP contribution in [0.1, 0.15) is 42.5 Å². The summed E-state index contributed by atoms with van der Waals surface area (Å²) in [4.78, 5) is 1.08. The minimum absolute atomic E-state index is 0.339. The van der Waals surface area contributed by atoms with Gasteiger partial charge in [-0.25, -0.2) is 8.42 Å². The first-order chi connectivity index (χ1) is 9.50. The molecule has 2 heterocycles. The van der Waals surface area contributed by atoms with Gasteiger partial charge in [0.2, 0.25) is 0 Å². The molecule has 4 nitrogen and oxygen atoms in total. The molecule has 1 aromatic rings. The Balaban J connectivity index is 2.30. The van der Waals surface area contributed by atoms with Crippen LogP contribution in [-0.2, 0) is 14.8 Å². The number of hydrogen-bond acceptors (Lipinski definition) is 4. The maximum absolute atomic E-state index is 12.7. The lowest BCUT2D eigenvalue weighted by Crippen LogP contribution is -2.39. The van der Waals surface area contributed by atoms with Crippen molar-refractivity contribution in [3.63, 3.8) is 0 Å². The van der Waals surface area contributed by atoms with Crippen LogP contribution in [0.15, 0.2) is 10.3 Å². The number of hydrogen-bond donors (Lipinski definition) is 0. The van der Waals surface area contributed by atoms with Crippen molar-refractivity contribution in [2.45, 2.75) is 43.2 Å². The van der Waals surface area contributed by atoms with Crippen molar-refractivity contribution in [3.05, 3.63) is 16.5 Å².